The molecule has 574 valence electrons. The molecule has 3 fully saturated rings. The molecule has 19 nitrogen and oxygen atoms in total. The zero-order valence-electron chi connectivity index (χ0n) is 61.3. The van der Waals surface area contributed by atoms with E-state index in [1.54, 1.807) is 6.08 Å². The van der Waals surface area contributed by atoms with Crippen molar-refractivity contribution in [2.45, 2.75) is 452 Å². The Morgan fingerprint density at radius 3 is 0.969 bits per heavy atom. The van der Waals surface area contributed by atoms with Crippen LogP contribution in [0, 0.1) is 0 Å². The van der Waals surface area contributed by atoms with Crippen LogP contribution >= 0.6 is 0 Å². The molecule has 12 N–H and O–H groups in total. The van der Waals surface area contributed by atoms with E-state index < -0.39 is 124 Å². The molecule has 0 aromatic carbocycles. The number of carbonyl (C=O) groups excluding carboxylic acids is 1. The first-order valence-electron chi connectivity index (χ1n) is 40.4. The van der Waals surface area contributed by atoms with Crippen LogP contribution in [0.4, 0.5) is 0 Å². The monoisotopic (exact) mass is 1390 g/mol. The summed E-state index contributed by atoms with van der Waals surface area (Å²) in [6.07, 6.45) is 43.4. The summed E-state index contributed by atoms with van der Waals surface area (Å²) < 4.78 is 34.5. The molecule has 0 radical (unpaired) electrons. The van der Waals surface area contributed by atoms with Gasteiger partial charge in [0, 0.05) is 6.42 Å². The Balaban J connectivity index is 1.38. The van der Waals surface area contributed by atoms with Gasteiger partial charge in [-0.15, -0.1) is 0 Å². The van der Waals surface area contributed by atoms with Gasteiger partial charge in [-0.2, -0.15) is 0 Å². The van der Waals surface area contributed by atoms with Crippen LogP contribution in [0.5, 0.6) is 0 Å². The Kier molecular flexibility index (Phi) is 55.4. The lowest BCUT2D eigenvalue weighted by atomic mass is 9.96. The third kappa shape index (κ3) is 40.4. The van der Waals surface area contributed by atoms with Gasteiger partial charge in [-0.25, -0.2) is 0 Å². The Bertz CT molecular complexity index is 1800. The van der Waals surface area contributed by atoms with Crippen LogP contribution in [0.3, 0.4) is 0 Å². The number of hydrogen-bond acceptors (Lipinski definition) is 18. The predicted molar refractivity (Wildman–Crippen MR) is 383 cm³/mol. The summed E-state index contributed by atoms with van der Waals surface area (Å²) in [6, 6.07) is -0.970. The van der Waals surface area contributed by atoms with Crippen molar-refractivity contribution in [2.75, 3.05) is 26.4 Å². The molecule has 3 rings (SSSR count). The van der Waals surface area contributed by atoms with E-state index >= 15 is 0 Å². The number of hydrogen-bond donors (Lipinski definition) is 12. The number of allylic oxidation sites excluding steroid dienone is 1. The molecular formula is C78H149NO18. The van der Waals surface area contributed by atoms with E-state index in [0.29, 0.717) is 6.42 Å². The van der Waals surface area contributed by atoms with Crippen molar-refractivity contribution in [3.05, 3.63) is 12.2 Å². The summed E-state index contributed by atoms with van der Waals surface area (Å²) in [4.78, 5) is 13.5. The molecule has 3 aliphatic rings. The van der Waals surface area contributed by atoms with Crippen LogP contribution in [-0.2, 0) is 33.2 Å². The summed E-state index contributed by atoms with van der Waals surface area (Å²) in [6.45, 7) is 1.80. The number of carbonyl (C=O) groups is 1. The number of rotatable bonds is 65. The van der Waals surface area contributed by atoms with Crippen LogP contribution in [0.1, 0.15) is 348 Å². The second-order valence-corrected chi connectivity index (χ2v) is 29.2. The van der Waals surface area contributed by atoms with Gasteiger partial charge < -0.3 is 89.9 Å². The molecule has 3 saturated heterocycles. The van der Waals surface area contributed by atoms with E-state index in [-0.39, 0.29) is 18.9 Å². The average Bonchev–Trinajstić information content (AvgIpc) is 0.826. The lowest BCUT2D eigenvalue weighted by Gasteiger charge is -2.48. The molecule has 0 saturated carbocycles. The lowest BCUT2D eigenvalue weighted by Crippen LogP contribution is -2.66. The van der Waals surface area contributed by atoms with E-state index in [0.717, 1.165) is 44.9 Å². The van der Waals surface area contributed by atoms with Crippen molar-refractivity contribution >= 4 is 5.91 Å². The van der Waals surface area contributed by atoms with Crippen molar-refractivity contribution in [1.82, 2.24) is 5.32 Å². The SMILES string of the molecule is CCCCCCCCCCCCCCCCCCCCCCCC/C=C/C(O)C(COC1OC(CO)C(OC2OC(CO)C(OC3OC(CO)C(O)C(O)C3O)C(O)C2O)C(O)C1O)NC(=O)CCCCCCCCCCCCCCCCCCCCCCCCCCCCCC. The van der Waals surface area contributed by atoms with Gasteiger partial charge in [0.05, 0.1) is 38.6 Å². The van der Waals surface area contributed by atoms with E-state index in [1.807, 2.05) is 6.08 Å². The summed E-state index contributed by atoms with van der Waals surface area (Å²) in [7, 11) is 0. The van der Waals surface area contributed by atoms with Gasteiger partial charge in [-0.3, -0.25) is 4.79 Å². The number of nitrogens with one attached hydrogen (secondary N) is 1. The molecule has 0 aromatic rings. The van der Waals surface area contributed by atoms with Gasteiger partial charge in [0.1, 0.15) is 73.2 Å². The minimum Gasteiger partial charge on any atom is -0.394 e. The average molecular weight is 1390 g/mol. The molecule has 97 heavy (non-hydrogen) atoms. The molecule has 17 atom stereocenters. The summed E-state index contributed by atoms with van der Waals surface area (Å²) in [5.41, 5.74) is 0. The Labute approximate surface area is 588 Å². The number of aliphatic hydroxyl groups excluding tert-OH is 11. The summed E-state index contributed by atoms with van der Waals surface area (Å²) in [5, 5.41) is 121. The van der Waals surface area contributed by atoms with Crippen LogP contribution in [-0.4, -0.2) is 193 Å². The molecular weight excluding hydrogens is 1240 g/mol. The maximum atomic E-state index is 13.5. The molecule has 17 unspecified atom stereocenters. The predicted octanol–water partition coefficient (Wildman–Crippen LogP) is 13.2. The minimum absolute atomic E-state index is 0.250. The first-order valence-corrected chi connectivity index (χ1v) is 40.4. The van der Waals surface area contributed by atoms with E-state index in [2.05, 4.69) is 19.2 Å². The zero-order chi connectivity index (χ0) is 70.4. The molecule has 0 bridgehead atoms. The number of amides is 1. The normalized spacial score (nSPS) is 26.9. The highest BCUT2D eigenvalue weighted by molar-refractivity contribution is 5.76. The fourth-order valence-electron chi connectivity index (χ4n) is 14.1. The summed E-state index contributed by atoms with van der Waals surface area (Å²) >= 11 is 0. The highest BCUT2D eigenvalue weighted by Crippen LogP contribution is 2.33. The molecule has 1 amide bonds. The van der Waals surface area contributed by atoms with Crippen molar-refractivity contribution in [3.8, 4) is 0 Å². The molecule has 0 aliphatic carbocycles. The third-order valence-corrected chi connectivity index (χ3v) is 20.6. The second-order valence-electron chi connectivity index (χ2n) is 29.2. The van der Waals surface area contributed by atoms with Gasteiger partial charge in [-0.05, 0) is 19.3 Å². The van der Waals surface area contributed by atoms with Gasteiger partial charge in [0.25, 0.3) is 0 Å². The maximum absolute atomic E-state index is 13.5. The van der Waals surface area contributed by atoms with E-state index in [1.165, 1.54) is 276 Å². The highest BCUT2D eigenvalue weighted by Gasteiger charge is 2.54. The fourth-order valence-corrected chi connectivity index (χ4v) is 14.1. The summed E-state index contributed by atoms with van der Waals surface area (Å²) in [5.74, 6) is -0.266. The zero-order valence-corrected chi connectivity index (χ0v) is 61.3. The fraction of sp³-hybridized carbons (Fsp3) is 0.962. The number of ether oxygens (including phenoxy) is 6. The van der Waals surface area contributed by atoms with Crippen LogP contribution in [0.2, 0.25) is 0 Å². The Morgan fingerprint density at radius 1 is 0.361 bits per heavy atom. The Morgan fingerprint density at radius 2 is 0.639 bits per heavy atom. The Hall–Kier alpha value is -1.47. The van der Waals surface area contributed by atoms with Gasteiger partial charge >= 0.3 is 0 Å². The first-order chi connectivity index (χ1) is 47.3. The highest BCUT2D eigenvalue weighted by atomic mass is 16.8. The van der Waals surface area contributed by atoms with Crippen LogP contribution < -0.4 is 5.32 Å². The van der Waals surface area contributed by atoms with Crippen LogP contribution in [0.15, 0.2) is 12.2 Å². The molecule has 19 heteroatoms. The van der Waals surface area contributed by atoms with E-state index in [9.17, 15) is 61.0 Å². The third-order valence-electron chi connectivity index (χ3n) is 20.6. The quantitative estimate of drug-likeness (QED) is 0.0199. The van der Waals surface area contributed by atoms with Crippen molar-refractivity contribution < 1.29 is 89.4 Å². The second kappa shape index (κ2) is 59.9. The largest absolute Gasteiger partial charge is 0.394 e. The molecule has 3 heterocycles. The van der Waals surface area contributed by atoms with Gasteiger partial charge in [-0.1, -0.05) is 334 Å². The van der Waals surface area contributed by atoms with Crippen molar-refractivity contribution in [3.63, 3.8) is 0 Å². The molecule has 0 aromatic heterocycles. The van der Waals surface area contributed by atoms with Crippen molar-refractivity contribution in [2.24, 2.45) is 0 Å². The maximum Gasteiger partial charge on any atom is 0.220 e. The van der Waals surface area contributed by atoms with Crippen LogP contribution in [0.25, 0.3) is 0 Å². The van der Waals surface area contributed by atoms with Crippen molar-refractivity contribution in [1.29, 1.82) is 0 Å². The lowest BCUT2D eigenvalue weighted by molar-refractivity contribution is -0.379. The number of unbranched alkanes of at least 4 members (excludes halogenated alkanes) is 49. The van der Waals surface area contributed by atoms with Gasteiger partial charge in [0.2, 0.25) is 5.91 Å². The van der Waals surface area contributed by atoms with E-state index in [4.69, 9.17) is 28.4 Å². The smallest absolute Gasteiger partial charge is 0.220 e. The molecule has 0 spiro atoms. The standard InChI is InChI=1S/C78H149NO18/c1-3-5-7-9-11-13-15-17-19-21-23-25-27-29-30-31-32-34-36-38-40-42-44-46-48-50-52-54-56-66(84)79-61(62(83)55-53-51-49-47-45-43-41-39-37-35-33-28-26-24-22-20-18-16-14-12-10-8-6-4-2)60-92-76-72(90)69(87)74(64(58-81)94-76)97-78-73(91)70(88)75(65(59-82)95-78)96-77-71(89)68(86)67(85)63(57-80)93-77/h53,55,61-65,67-78,80-83,85-91H,3-52,54,56-60H2,1-2H3,(H,79,84)/b55-53+. The topological polar surface area (TPSA) is 307 Å². The first kappa shape index (κ1) is 89.7. The molecule has 3 aliphatic heterocycles. The number of aliphatic hydroxyl groups is 11. The van der Waals surface area contributed by atoms with Gasteiger partial charge in [0.15, 0.2) is 18.9 Å². The minimum atomic E-state index is -1.98.